The summed E-state index contributed by atoms with van der Waals surface area (Å²) in [6.45, 7) is 1.46. The zero-order valence-corrected chi connectivity index (χ0v) is 15.7. The first-order valence-electron chi connectivity index (χ1n) is 9.80. The highest BCUT2D eigenvalue weighted by Crippen LogP contribution is 2.34. The molecule has 148 valence electrons. The number of anilines is 1. The van der Waals surface area contributed by atoms with Crippen LogP contribution in [0.4, 0.5) is 10.2 Å². The van der Waals surface area contributed by atoms with Gasteiger partial charge in [0.05, 0.1) is 23.3 Å². The molecule has 2 bridgehead atoms. The van der Waals surface area contributed by atoms with Crippen LogP contribution in [0.3, 0.4) is 0 Å². The van der Waals surface area contributed by atoms with Crippen molar-refractivity contribution in [2.45, 2.75) is 18.5 Å². The molecule has 0 amide bonds. The lowest BCUT2D eigenvalue weighted by Gasteiger charge is -2.48. The number of halogens is 1. The van der Waals surface area contributed by atoms with Gasteiger partial charge in [0.1, 0.15) is 24.8 Å². The number of hydrogen-bond acceptors (Lipinski definition) is 6. The van der Waals surface area contributed by atoms with E-state index in [0.29, 0.717) is 23.5 Å². The smallest absolute Gasteiger partial charge is 0.178 e. The molecule has 3 saturated heterocycles. The molecule has 4 aromatic heterocycles. The summed E-state index contributed by atoms with van der Waals surface area (Å²) in [6, 6.07) is 7.22. The molecule has 4 aromatic rings. The van der Waals surface area contributed by atoms with Crippen LogP contribution in [0.15, 0.2) is 36.8 Å². The third-order valence-corrected chi connectivity index (χ3v) is 5.75. The number of H-pyrrole nitrogens is 1. The molecule has 0 aliphatic carbocycles. The fraction of sp³-hybridized carbons (Fsp3) is 0.350. The third kappa shape index (κ3) is 2.72. The molecule has 2 atom stereocenters. The normalized spacial score (nSPS) is 20.9. The lowest BCUT2D eigenvalue weighted by molar-refractivity contribution is 0.225. The highest BCUT2D eigenvalue weighted by atomic mass is 19.1. The molecular formula is C20H20FN7O. The van der Waals surface area contributed by atoms with Crippen molar-refractivity contribution in [2.75, 3.05) is 31.3 Å². The largest absolute Gasteiger partial charge is 0.489 e. The van der Waals surface area contributed by atoms with E-state index < -0.39 is 6.67 Å². The second kappa shape index (κ2) is 6.41. The van der Waals surface area contributed by atoms with E-state index in [1.165, 1.54) is 6.42 Å². The molecule has 3 fully saturated rings. The third-order valence-electron chi connectivity index (χ3n) is 5.75. The Bertz CT molecular complexity index is 1170. The summed E-state index contributed by atoms with van der Waals surface area (Å²) >= 11 is 0. The standard InChI is InChI=1S/C20H20FN7O/c21-3-4-29-15-6-16(19-17-8-23-25-20(17)26-28(19)11-15)12-1-2-18(22-7-12)27-9-13-5-14(10-27)24-13/h1-2,6-8,11,13-14,24H,3-5,9-10H2,(H,25,26). The van der Waals surface area contributed by atoms with E-state index in [9.17, 15) is 4.39 Å². The Hall–Kier alpha value is -3.20. The fourth-order valence-corrected chi connectivity index (χ4v) is 4.43. The van der Waals surface area contributed by atoms with Crippen molar-refractivity contribution in [1.82, 2.24) is 30.1 Å². The summed E-state index contributed by atoms with van der Waals surface area (Å²) in [4.78, 5) is 7.06. The highest BCUT2D eigenvalue weighted by molar-refractivity contribution is 6.00. The molecule has 3 aliphatic heterocycles. The van der Waals surface area contributed by atoms with Gasteiger partial charge in [-0.3, -0.25) is 5.10 Å². The molecule has 7 heterocycles. The van der Waals surface area contributed by atoms with Crippen LogP contribution < -0.4 is 15.0 Å². The van der Waals surface area contributed by atoms with Crippen molar-refractivity contribution in [3.8, 4) is 16.9 Å². The number of nitrogens with one attached hydrogen (secondary N) is 2. The lowest BCUT2D eigenvalue weighted by Crippen LogP contribution is -2.67. The monoisotopic (exact) mass is 393 g/mol. The molecule has 7 rings (SSSR count). The van der Waals surface area contributed by atoms with E-state index in [-0.39, 0.29) is 6.61 Å². The summed E-state index contributed by atoms with van der Waals surface area (Å²) in [7, 11) is 0. The Morgan fingerprint density at radius 1 is 1.21 bits per heavy atom. The molecule has 0 spiro atoms. The molecule has 0 aromatic carbocycles. The van der Waals surface area contributed by atoms with Crippen molar-refractivity contribution in [3.63, 3.8) is 0 Å². The minimum absolute atomic E-state index is 0.00809. The van der Waals surface area contributed by atoms with Gasteiger partial charge >= 0.3 is 0 Å². The molecule has 8 nitrogen and oxygen atoms in total. The Morgan fingerprint density at radius 2 is 2.07 bits per heavy atom. The Labute approximate surface area is 165 Å². The molecule has 9 heteroatoms. The highest BCUT2D eigenvalue weighted by Gasteiger charge is 2.36. The number of alkyl halides is 1. The van der Waals surface area contributed by atoms with E-state index >= 15 is 0 Å². The number of pyridine rings is 2. The topological polar surface area (TPSA) is 83.4 Å². The predicted molar refractivity (Wildman–Crippen MR) is 107 cm³/mol. The van der Waals surface area contributed by atoms with E-state index in [0.717, 1.165) is 40.9 Å². The Morgan fingerprint density at radius 3 is 2.83 bits per heavy atom. The van der Waals surface area contributed by atoms with Crippen LogP contribution in [0.1, 0.15) is 6.42 Å². The average Bonchev–Trinajstić information content (AvgIpc) is 3.32. The van der Waals surface area contributed by atoms with Crippen molar-refractivity contribution < 1.29 is 9.13 Å². The molecule has 2 N–H and O–H groups in total. The second-order valence-corrected chi connectivity index (χ2v) is 7.66. The first-order valence-corrected chi connectivity index (χ1v) is 9.80. The number of rotatable bonds is 5. The quantitative estimate of drug-likeness (QED) is 0.541. The maximum atomic E-state index is 12.6. The van der Waals surface area contributed by atoms with Gasteiger partial charge in [0.25, 0.3) is 0 Å². The van der Waals surface area contributed by atoms with Gasteiger partial charge < -0.3 is 15.0 Å². The summed E-state index contributed by atoms with van der Waals surface area (Å²) in [5, 5.41) is 16.0. The van der Waals surface area contributed by atoms with E-state index in [4.69, 9.17) is 9.72 Å². The lowest BCUT2D eigenvalue weighted by atomic mass is 9.91. The van der Waals surface area contributed by atoms with E-state index in [1.807, 2.05) is 12.3 Å². The van der Waals surface area contributed by atoms with Crippen LogP contribution in [0.25, 0.3) is 27.7 Å². The number of piperidine rings is 1. The number of hydrogen-bond donors (Lipinski definition) is 2. The van der Waals surface area contributed by atoms with E-state index in [2.05, 4.69) is 37.6 Å². The van der Waals surface area contributed by atoms with Crippen molar-refractivity contribution >= 4 is 22.4 Å². The Balaban J connectivity index is 1.42. The molecule has 3 aliphatic rings. The molecule has 0 radical (unpaired) electrons. The van der Waals surface area contributed by atoms with Crippen LogP contribution in [-0.4, -0.2) is 63.3 Å². The first kappa shape index (κ1) is 16.7. The van der Waals surface area contributed by atoms with Gasteiger partial charge in [0, 0.05) is 42.5 Å². The Kier molecular flexibility index (Phi) is 3.70. The fourth-order valence-electron chi connectivity index (χ4n) is 4.43. The van der Waals surface area contributed by atoms with Gasteiger partial charge in [-0.15, -0.1) is 5.10 Å². The van der Waals surface area contributed by atoms with Gasteiger partial charge in [0.15, 0.2) is 5.65 Å². The summed E-state index contributed by atoms with van der Waals surface area (Å²) < 4.78 is 19.9. The number of aromatic nitrogens is 5. The maximum absolute atomic E-state index is 12.6. The number of piperazine rings is 1. The van der Waals surface area contributed by atoms with Gasteiger partial charge in [-0.2, -0.15) is 5.10 Å². The van der Waals surface area contributed by atoms with Crippen LogP contribution in [0.2, 0.25) is 0 Å². The predicted octanol–water partition coefficient (Wildman–Crippen LogP) is 2.17. The van der Waals surface area contributed by atoms with Gasteiger partial charge in [-0.25, -0.2) is 13.9 Å². The minimum Gasteiger partial charge on any atom is -0.489 e. The number of ether oxygens (including phenoxy) is 1. The van der Waals surface area contributed by atoms with Crippen LogP contribution >= 0.6 is 0 Å². The molecular weight excluding hydrogens is 373 g/mol. The van der Waals surface area contributed by atoms with Gasteiger partial charge in [0.2, 0.25) is 0 Å². The summed E-state index contributed by atoms with van der Waals surface area (Å²) in [5.74, 6) is 1.56. The number of fused-ring (bicyclic) bond motifs is 5. The second-order valence-electron chi connectivity index (χ2n) is 7.66. The van der Waals surface area contributed by atoms with Crippen molar-refractivity contribution in [1.29, 1.82) is 0 Å². The number of aromatic amines is 1. The van der Waals surface area contributed by atoms with Gasteiger partial charge in [-0.1, -0.05) is 0 Å². The zero-order chi connectivity index (χ0) is 19.4. The first-order chi connectivity index (χ1) is 14.3. The number of nitrogens with zero attached hydrogens (tertiary/aromatic N) is 5. The van der Waals surface area contributed by atoms with Crippen LogP contribution in [-0.2, 0) is 0 Å². The molecule has 2 unspecified atom stereocenters. The van der Waals surface area contributed by atoms with Crippen LogP contribution in [0, 0.1) is 0 Å². The molecule has 29 heavy (non-hydrogen) atoms. The maximum Gasteiger partial charge on any atom is 0.178 e. The van der Waals surface area contributed by atoms with Crippen molar-refractivity contribution in [3.05, 3.63) is 36.8 Å². The minimum atomic E-state index is -0.542. The van der Waals surface area contributed by atoms with E-state index in [1.54, 1.807) is 16.9 Å². The summed E-state index contributed by atoms with van der Waals surface area (Å²) in [6.07, 6.45) is 6.67. The average molecular weight is 393 g/mol. The molecule has 0 saturated carbocycles. The van der Waals surface area contributed by atoms with Crippen LogP contribution in [0.5, 0.6) is 5.75 Å². The van der Waals surface area contributed by atoms with Crippen molar-refractivity contribution in [2.24, 2.45) is 0 Å². The van der Waals surface area contributed by atoms with Gasteiger partial charge in [-0.05, 0) is 24.6 Å². The summed E-state index contributed by atoms with van der Waals surface area (Å²) in [5.41, 5.74) is 3.48. The zero-order valence-electron chi connectivity index (χ0n) is 15.7. The SMILES string of the molecule is FCCOc1cc(-c2ccc(N3CC4CC(C3)N4)nc2)c2c3cn[nH]c3nn2c1.